The number of benzene rings is 2. The molecule has 0 saturated heterocycles. The third-order valence-corrected chi connectivity index (χ3v) is 6.07. The number of ether oxygens (including phenoxy) is 1. The standard InChI is InChI=1S/C20H25N3O5S/c1-14-7-5-6-8-16(14)20(25)21-12-11-19(24)22-15-9-10-17(28-4)18(13-15)29(26,27)23(2)3/h5-10,13H,11-12H2,1-4H3,(H,21,25)(H,22,24). The Hall–Kier alpha value is -2.91. The first-order valence-corrected chi connectivity index (χ1v) is 10.3. The highest BCUT2D eigenvalue weighted by atomic mass is 32.2. The van der Waals surface area contributed by atoms with Gasteiger partial charge in [-0.3, -0.25) is 9.59 Å². The van der Waals surface area contributed by atoms with Gasteiger partial charge in [-0.15, -0.1) is 0 Å². The molecule has 0 unspecified atom stereocenters. The third-order valence-electron chi connectivity index (χ3n) is 4.23. The SMILES string of the molecule is COc1ccc(NC(=O)CCNC(=O)c2ccccc2C)cc1S(=O)(=O)N(C)C. The molecule has 2 aromatic carbocycles. The molecule has 0 saturated carbocycles. The summed E-state index contributed by atoms with van der Waals surface area (Å²) in [5, 5.41) is 5.34. The minimum atomic E-state index is -3.74. The average molecular weight is 420 g/mol. The predicted octanol–water partition coefficient (Wildman–Crippen LogP) is 2.01. The van der Waals surface area contributed by atoms with Crippen LogP contribution in [0, 0.1) is 6.92 Å². The average Bonchev–Trinajstić information content (AvgIpc) is 2.68. The van der Waals surface area contributed by atoms with E-state index < -0.39 is 10.0 Å². The summed E-state index contributed by atoms with van der Waals surface area (Å²) in [7, 11) is 0.461. The van der Waals surface area contributed by atoms with Crippen LogP contribution in [0.3, 0.4) is 0 Å². The van der Waals surface area contributed by atoms with Gasteiger partial charge in [-0.25, -0.2) is 12.7 Å². The molecule has 2 aromatic rings. The maximum atomic E-state index is 12.4. The first-order valence-electron chi connectivity index (χ1n) is 8.91. The van der Waals surface area contributed by atoms with Crippen LogP contribution < -0.4 is 15.4 Å². The molecule has 0 bridgehead atoms. The Labute approximate surface area is 170 Å². The van der Waals surface area contributed by atoms with Crippen LogP contribution in [0.5, 0.6) is 5.75 Å². The number of nitrogens with zero attached hydrogens (tertiary/aromatic N) is 1. The molecule has 156 valence electrons. The molecule has 0 spiro atoms. The van der Waals surface area contributed by atoms with E-state index in [0.717, 1.165) is 9.87 Å². The fourth-order valence-electron chi connectivity index (χ4n) is 2.59. The Morgan fingerprint density at radius 2 is 1.79 bits per heavy atom. The molecule has 0 heterocycles. The molecule has 0 aromatic heterocycles. The topological polar surface area (TPSA) is 105 Å². The third kappa shape index (κ3) is 5.55. The van der Waals surface area contributed by atoms with Gasteiger partial charge < -0.3 is 15.4 Å². The molecule has 8 nitrogen and oxygen atoms in total. The summed E-state index contributed by atoms with van der Waals surface area (Å²) in [6, 6.07) is 11.6. The lowest BCUT2D eigenvalue weighted by Crippen LogP contribution is -2.28. The molecule has 0 aliphatic carbocycles. The summed E-state index contributed by atoms with van der Waals surface area (Å²) >= 11 is 0. The van der Waals surface area contributed by atoms with E-state index in [4.69, 9.17) is 4.74 Å². The van der Waals surface area contributed by atoms with Gasteiger partial charge in [-0.05, 0) is 36.8 Å². The number of rotatable bonds is 8. The van der Waals surface area contributed by atoms with Crippen LogP contribution in [0.4, 0.5) is 5.69 Å². The van der Waals surface area contributed by atoms with Gasteiger partial charge in [0.25, 0.3) is 5.91 Å². The molecule has 0 aliphatic rings. The lowest BCUT2D eigenvalue weighted by atomic mass is 10.1. The van der Waals surface area contributed by atoms with Crippen molar-refractivity contribution in [2.45, 2.75) is 18.2 Å². The summed E-state index contributed by atoms with van der Waals surface area (Å²) in [6.45, 7) is 1.99. The summed E-state index contributed by atoms with van der Waals surface area (Å²) in [4.78, 5) is 24.3. The van der Waals surface area contributed by atoms with Crippen LogP contribution in [0.15, 0.2) is 47.4 Å². The Morgan fingerprint density at radius 1 is 1.10 bits per heavy atom. The minimum absolute atomic E-state index is 0.0411. The zero-order valence-electron chi connectivity index (χ0n) is 16.9. The smallest absolute Gasteiger partial charge is 0.251 e. The van der Waals surface area contributed by atoms with Crippen LogP contribution in [-0.4, -0.2) is 52.3 Å². The molecule has 2 N–H and O–H groups in total. The van der Waals surface area contributed by atoms with E-state index in [1.54, 1.807) is 18.2 Å². The number of anilines is 1. The Kier molecular flexibility index (Phi) is 7.35. The first-order chi connectivity index (χ1) is 13.7. The van der Waals surface area contributed by atoms with Crippen molar-refractivity contribution in [2.75, 3.05) is 33.1 Å². The maximum Gasteiger partial charge on any atom is 0.251 e. The number of carbonyl (C=O) groups excluding carboxylic acids is 2. The number of amides is 2. The van der Waals surface area contributed by atoms with E-state index in [9.17, 15) is 18.0 Å². The fourth-order valence-corrected chi connectivity index (χ4v) is 3.66. The van der Waals surface area contributed by atoms with Crippen molar-refractivity contribution in [3.8, 4) is 5.75 Å². The van der Waals surface area contributed by atoms with Gasteiger partial charge in [0.05, 0.1) is 7.11 Å². The minimum Gasteiger partial charge on any atom is -0.495 e. The van der Waals surface area contributed by atoms with Gasteiger partial charge in [0.15, 0.2) is 0 Å². The molecular weight excluding hydrogens is 394 g/mol. The van der Waals surface area contributed by atoms with Crippen LogP contribution in [0.2, 0.25) is 0 Å². The second kappa shape index (κ2) is 9.53. The highest BCUT2D eigenvalue weighted by Gasteiger charge is 2.23. The number of nitrogens with one attached hydrogen (secondary N) is 2. The molecule has 0 aliphatic heterocycles. The van der Waals surface area contributed by atoms with E-state index in [0.29, 0.717) is 11.3 Å². The molecule has 0 atom stereocenters. The molecule has 2 amide bonds. The fraction of sp³-hybridized carbons (Fsp3) is 0.300. The molecule has 0 radical (unpaired) electrons. The zero-order chi connectivity index (χ0) is 21.6. The number of methoxy groups -OCH3 is 1. The van der Waals surface area contributed by atoms with E-state index in [1.165, 1.54) is 33.3 Å². The zero-order valence-corrected chi connectivity index (χ0v) is 17.7. The summed E-state index contributed by atoms with van der Waals surface area (Å²) in [5.74, 6) is -0.421. The highest BCUT2D eigenvalue weighted by molar-refractivity contribution is 7.89. The van der Waals surface area contributed by atoms with Crippen molar-refractivity contribution in [1.29, 1.82) is 0 Å². The number of sulfonamides is 1. The number of hydrogen-bond acceptors (Lipinski definition) is 5. The maximum absolute atomic E-state index is 12.4. The van der Waals surface area contributed by atoms with E-state index in [-0.39, 0.29) is 35.4 Å². The van der Waals surface area contributed by atoms with Crippen molar-refractivity contribution >= 4 is 27.5 Å². The predicted molar refractivity (Wildman–Crippen MR) is 111 cm³/mol. The molecular formula is C20H25N3O5S. The van der Waals surface area contributed by atoms with Crippen LogP contribution >= 0.6 is 0 Å². The largest absolute Gasteiger partial charge is 0.495 e. The Morgan fingerprint density at radius 3 is 2.41 bits per heavy atom. The Bertz CT molecular complexity index is 1000. The van der Waals surface area contributed by atoms with Crippen molar-refractivity contribution < 1.29 is 22.7 Å². The molecule has 29 heavy (non-hydrogen) atoms. The lowest BCUT2D eigenvalue weighted by Gasteiger charge is -2.16. The van der Waals surface area contributed by atoms with Crippen molar-refractivity contribution in [1.82, 2.24) is 9.62 Å². The van der Waals surface area contributed by atoms with Gasteiger partial charge in [-0.1, -0.05) is 18.2 Å². The van der Waals surface area contributed by atoms with E-state index >= 15 is 0 Å². The molecule has 2 rings (SSSR count). The van der Waals surface area contributed by atoms with Gasteiger partial charge in [-0.2, -0.15) is 0 Å². The van der Waals surface area contributed by atoms with Crippen molar-refractivity contribution in [2.24, 2.45) is 0 Å². The molecule has 9 heteroatoms. The summed E-state index contributed by atoms with van der Waals surface area (Å²) in [5.41, 5.74) is 1.73. The monoisotopic (exact) mass is 419 g/mol. The number of hydrogen-bond donors (Lipinski definition) is 2. The van der Waals surface area contributed by atoms with E-state index in [2.05, 4.69) is 10.6 Å². The van der Waals surface area contributed by atoms with Crippen LogP contribution in [0.25, 0.3) is 0 Å². The quantitative estimate of drug-likeness (QED) is 0.681. The van der Waals surface area contributed by atoms with Crippen LogP contribution in [-0.2, 0) is 14.8 Å². The second-order valence-corrected chi connectivity index (χ2v) is 8.64. The van der Waals surface area contributed by atoms with Gasteiger partial charge >= 0.3 is 0 Å². The first kappa shape index (κ1) is 22.4. The second-order valence-electron chi connectivity index (χ2n) is 6.52. The summed E-state index contributed by atoms with van der Waals surface area (Å²) < 4.78 is 31.1. The highest BCUT2D eigenvalue weighted by Crippen LogP contribution is 2.28. The van der Waals surface area contributed by atoms with Crippen molar-refractivity contribution in [3.05, 3.63) is 53.6 Å². The van der Waals surface area contributed by atoms with Crippen molar-refractivity contribution in [3.63, 3.8) is 0 Å². The van der Waals surface area contributed by atoms with Gasteiger partial charge in [0.1, 0.15) is 10.6 Å². The van der Waals surface area contributed by atoms with Gasteiger partial charge in [0, 0.05) is 38.3 Å². The number of aryl methyl sites for hydroxylation is 1. The lowest BCUT2D eigenvalue weighted by molar-refractivity contribution is -0.116. The van der Waals surface area contributed by atoms with E-state index in [1.807, 2.05) is 19.1 Å². The Balaban J connectivity index is 2.00. The number of carbonyl (C=O) groups is 2. The summed E-state index contributed by atoms with van der Waals surface area (Å²) in [6.07, 6.45) is 0.0411. The molecule has 0 fully saturated rings. The normalized spacial score (nSPS) is 11.2. The van der Waals surface area contributed by atoms with Crippen LogP contribution in [0.1, 0.15) is 22.3 Å². The van der Waals surface area contributed by atoms with Gasteiger partial charge in [0.2, 0.25) is 15.9 Å².